The largest absolute Gasteiger partial charge is 0.463 e. The van der Waals surface area contributed by atoms with Crippen LogP contribution in [0.3, 0.4) is 0 Å². The van der Waals surface area contributed by atoms with Gasteiger partial charge in [0.25, 0.3) is 0 Å². The summed E-state index contributed by atoms with van der Waals surface area (Å²) in [5, 5.41) is 20.7. The second-order valence-electron chi connectivity index (χ2n) is 8.77. The molecule has 4 rings (SSSR count). The highest BCUT2D eigenvalue weighted by atomic mass is 35.5. The zero-order chi connectivity index (χ0) is 26.4. The van der Waals surface area contributed by atoms with Gasteiger partial charge in [0.2, 0.25) is 5.88 Å². The number of aryl methyl sites for hydroxylation is 2. The quantitative estimate of drug-likeness (QED) is 0.371. The van der Waals surface area contributed by atoms with Gasteiger partial charge in [-0.3, -0.25) is 0 Å². The fourth-order valence-electron chi connectivity index (χ4n) is 4.67. The van der Waals surface area contributed by atoms with Crippen LogP contribution in [0.2, 0.25) is 5.02 Å². The third-order valence-electron chi connectivity index (χ3n) is 6.43. The molecule has 0 spiro atoms. The first-order chi connectivity index (χ1) is 18.0. The van der Waals surface area contributed by atoms with Crippen LogP contribution in [-0.4, -0.2) is 23.3 Å². The summed E-state index contributed by atoms with van der Waals surface area (Å²) in [4.78, 5) is 18.1. The normalized spacial score (nSPS) is 17.6. The number of nitriles is 2. The average Bonchev–Trinajstić information content (AvgIpc) is 2.88. The number of carbonyl (C=O) groups excluding carboxylic acids is 1. The zero-order valence-corrected chi connectivity index (χ0v) is 22.1. The lowest BCUT2D eigenvalue weighted by atomic mass is 9.83. The molecule has 2 heterocycles. The number of hydrogen-bond acceptors (Lipinski definition) is 8. The molecule has 1 aliphatic carbocycles. The van der Waals surface area contributed by atoms with E-state index in [9.17, 15) is 15.3 Å². The van der Waals surface area contributed by atoms with Gasteiger partial charge in [0.15, 0.2) is 0 Å². The average molecular weight is 535 g/mol. The number of hydrogen-bond donors (Lipinski definition) is 1. The summed E-state index contributed by atoms with van der Waals surface area (Å²) in [7, 11) is 0. The number of nitrogens with zero attached hydrogens (tertiary/aromatic N) is 3. The first-order valence-corrected chi connectivity index (χ1v) is 13.6. The molecule has 37 heavy (non-hydrogen) atoms. The van der Waals surface area contributed by atoms with Gasteiger partial charge in [0.05, 0.1) is 29.4 Å². The molecule has 2 N–H and O–H groups in total. The van der Waals surface area contributed by atoms with E-state index < -0.39 is 11.9 Å². The Hall–Kier alpha value is -3.46. The monoisotopic (exact) mass is 534 g/mol. The third kappa shape index (κ3) is 5.77. The second kappa shape index (κ2) is 12.2. The van der Waals surface area contributed by atoms with Crippen LogP contribution < -0.4 is 5.73 Å². The van der Waals surface area contributed by atoms with Crippen LogP contribution in [0.15, 0.2) is 58.1 Å². The third-order valence-corrected chi connectivity index (χ3v) is 7.77. The first-order valence-electron chi connectivity index (χ1n) is 12.3. The summed E-state index contributed by atoms with van der Waals surface area (Å²) in [5.74, 6) is -1.14. The van der Waals surface area contributed by atoms with Gasteiger partial charge >= 0.3 is 5.97 Å². The predicted octanol–water partition coefficient (Wildman–Crippen LogP) is 5.68. The minimum atomic E-state index is -0.846. The zero-order valence-electron chi connectivity index (χ0n) is 20.6. The Morgan fingerprint density at radius 1 is 1.22 bits per heavy atom. The Bertz CT molecular complexity index is 1360. The molecule has 0 saturated heterocycles. The molecule has 0 amide bonds. The lowest BCUT2D eigenvalue weighted by Crippen LogP contribution is -2.27. The molecule has 1 unspecified atom stereocenters. The molecule has 0 bridgehead atoms. The number of halogens is 1. The van der Waals surface area contributed by atoms with Crippen molar-refractivity contribution in [2.45, 2.75) is 56.4 Å². The Balaban J connectivity index is 1.76. The smallest absolute Gasteiger partial charge is 0.338 e. The summed E-state index contributed by atoms with van der Waals surface area (Å²) in [6.45, 7) is 1.85. The molecular formula is C28H27ClN4O3S. The molecule has 2 aliphatic rings. The van der Waals surface area contributed by atoms with Gasteiger partial charge < -0.3 is 15.2 Å². The second-order valence-corrected chi connectivity index (χ2v) is 10.1. The maximum atomic E-state index is 13.2. The van der Waals surface area contributed by atoms with Gasteiger partial charge in [-0.1, -0.05) is 54.4 Å². The number of ether oxygens (including phenoxy) is 2. The predicted molar refractivity (Wildman–Crippen MR) is 141 cm³/mol. The van der Waals surface area contributed by atoms with Crippen LogP contribution in [-0.2, 0) is 27.1 Å². The number of nitrogens with two attached hydrogens (primary N) is 1. The van der Waals surface area contributed by atoms with Crippen molar-refractivity contribution in [1.29, 1.82) is 10.5 Å². The SMILES string of the molecule is CCOC(=O)C1=C(CSc2nc3c(cc2C#N)CCCCCC3)OC(N)=C(C#N)C1c1ccccc1Cl. The van der Waals surface area contributed by atoms with Crippen molar-refractivity contribution in [3.8, 4) is 12.1 Å². The molecule has 7 nitrogen and oxygen atoms in total. The highest BCUT2D eigenvalue weighted by Crippen LogP contribution is 2.43. The van der Waals surface area contributed by atoms with Crippen molar-refractivity contribution in [1.82, 2.24) is 4.98 Å². The molecule has 2 aromatic rings. The van der Waals surface area contributed by atoms with E-state index in [1.54, 1.807) is 31.2 Å². The number of esters is 1. The topological polar surface area (TPSA) is 122 Å². The molecule has 1 atom stereocenters. The van der Waals surface area contributed by atoms with Gasteiger partial charge in [-0.25, -0.2) is 9.78 Å². The Morgan fingerprint density at radius 2 is 1.97 bits per heavy atom. The van der Waals surface area contributed by atoms with Crippen LogP contribution in [0, 0.1) is 22.7 Å². The maximum absolute atomic E-state index is 13.2. The van der Waals surface area contributed by atoms with Crippen LogP contribution >= 0.6 is 23.4 Å². The molecule has 1 aliphatic heterocycles. The van der Waals surface area contributed by atoms with Crippen LogP contribution in [0.25, 0.3) is 0 Å². The summed E-state index contributed by atoms with van der Waals surface area (Å²) < 4.78 is 11.2. The number of allylic oxidation sites excluding steroid dienone is 1. The lowest BCUT2D eigenvalue weighted by molar-refractivity contribution is -0.139. The molecule has 1 aromatic heterocycles. The highest BCUT2D eigenvalue weighted by molar-refractivity contribution is 7.99. The number of benzene rings is 1. The molecule has 1 aromatic carbocycles. The number of pyridine rings is 1. The van der Waals surface area contributed by atoms with E-state index in [-0.39, 0.29) is 35.1 Å². The van der Waals surface area contributed by atoms with Crippen LogP contribution in [0.4, 0.5) is 0 Å². The standard InChI is InChI=1S/C28H27ClN4O3S/c1-2-35-28(34)25-23(36-26(32)20(15-31)24(25)19-10-7-8-11-21(19)29)16-37-27-18(14-30)13-17-9-5-3-4-6-12-22(17)33-27/h7-8,10-11,13,24H,2-6,9,12,16,32H2,1H3. The van der Waals surface area contributed by atoms with Crippen LogP contribution in [0.1, 0.15) is 60.9 Å². The summed E-state index contributed by atoms with van der Waals surface area (Å²) in [5.41, 5.74) is 9.61. The summed E-state index contributed by atoms with van der Waals surface area (Å²) in [6, 6.07) is 13.3. The highest BCUT2D eigenvalue weighted by Gasteiger charge is 2.38. The Morgan fingerprint density at radius 3 is 2.68 bits per heavy atom. The molecule has 0 radical (unpaired) electrons. The fraction of sp³-hybridized carbons (Fsp3) is 0.357. The van der Waals surface area contributed by atoms with E-state index in [0.717, 1.165) is 36.9 Å². The number of carbonyl (C=O) groups is 1. The molecule has 0 saturated carbocycles. The van der Waals surface area contributed by atoms with Crippen molar-refractivity contribution in [3.63, 3.8) is 0 Å². The summed E-state index contributed by atoms with van der Waals surface area (Å²) >= 11 is 7.78. The van der Waals surface area contributed by atoms with Gasteiger partial charge in [0.1, 0.15) is 28.5 Å². The minimum Gasteiger partial charge on any atom is -0.463 e. The van der Waals surface area contributed by atoms with E-state index in [2.05, 4.69) is 12.1 Å². The number of thioether (sulfide) groups is 1. The molecule has 0 fully saturated rings. The van der Waals surface area contributed by atoms with E-state index in [1.165, 1.54) is 24.6 Å². The van der Waals surface area contributed by atoms with Crippen LogP contribution in [0.5, 0.6) is 0 Å². The van der Waals surface area contributed by atoms with Crippen molar-refractivity contribution < 1.29 is 14.3 Å². The van der Waals surface area contributed by atoms with Crippen molar-refractivity contribution in [2.75, 3.05) is 12.4 Å². The number of fused-ring (bicyclic) bond motifs is 1. The maximum Gasteiger partial charge on any atom is 0.338 e. The van der Waals surface area contributed by atoms with E-state index in [1.807, 2.05) is 6.07 Å². The van der Waals surface area contributed by atoms with Gasteiger partial charge in [-0.2, -0.15) is 10.5 Å². The van der Waals surface area contributed by atoms with E-state index in [0.29, 0.717) is 21.2 Å². The lowest BCUT2D eigenvalue weighted by Gasteiger charge is -2.28. The fourth-order valence-corrected chi connectivity index (χ4v) is 5.83. The first kappa shape index (κ1) is 26.6. The van der Waals surface area contributed by atoms with Gasteiger partial charge in [-0.15, -0.1) is 0 Å². The van der Waals surface area contributed by atoms with E-state index >= 15 is 0 Å². The molecular weight excluding hydrogens is 508 g/mol. The molecule has 190 valence electrons. The Labute approximate surface area is 225 Å². The van der Waals surface area contributed by atoms with Crippen molar-refractivity contribution in [3.05, 3.63) is 80.5 Å². The van der Waals surface area contributed by atoms with Crippen molar-refractivity contribution >= 4 is 29.3 Å². The Kier molecular flexibility index (Phi) is 8.76. The van der Waals surface area contributed by atoms with Crippen molar-refractivity contribution in [2.24, 2.45) is 5.73 Å². The van der Waals surface area contributed by atoms with E-state index in [4.69, 9.17) is 31.8 Å². The molecule has 9 heteroatoms. The minimum absolute atomic E-state index is 0.0850. The van der Waals surface area contributed by atoms with Gasteiger partial charge in [-0.05, 0) is 55.9 Å². The summed E-state index contributed by atoms with van der Waals surface area (Å²) in [6.07, 6.45) is 6.30. The number of rotatable bonds is 6. The van der Waals surface area contributed by atoms with Gasteiger partial charge in [0, 0.05) is 10.7 Å². The number of aromatic nitrogens is 1.